The van der Waals surface area contributed by atoms with Gasteiger partial charge in [0.25, 0.3) is 0 Å². The Hall–Kier alpha value is -0.580. The van der Waals surface area contributed by atoms with Gasteiger partial charge in [-0.15, -0.1) is 23.7 Å². The van der Waals surface area contributed by atoms with Crippen LogP contribution in [-0.4, -0.2) is 29.9 Å². The van der Waals surface area contributed by atoms with Gasteiger partial charge in [0, 0.05) is 17.5 Å². The van der Waals surface area contributed by atoms with E-state index in [0.29, 0.717) is 11.9 Å². The maximum atomic E-state index is 12.6. The molecule has 2 fully saturated rings. The zero-order valence-electron chi connectivity index (χ0n) is 11.0. The third-order valence-electron chi connectivity index (χ3n) is 3.82. The standard InChI is InChI=1S/C14H20N2OS.ClH/c17-14(11-3-1-7-15-9-11)16(12-5-6-12)10-13-4-2-8-18-13;/h2,4,8,11-12,15H,1,3,5-7,9-10H2;1H. The van der Waals surface area contributed by atoms with Crippen molar-refractivity contribution in [2.45, 2.75) is 38.3 Å². The quantitative estimate of drug-likeness (QED) is 0.927. The molecule has 5 heteroatoms. The molecular formula is C14H21ClN2OS. The number of carbonyl (C=O) groups is 1. The van der Waals surface area contributed by atoms with Crippen molar-refractivity contribution in [2.75, 3.05) is 13.1 Å². The molecule has 0 spiro atoms. The highest BCUT2D eigenvalue weighted by atomic mass is 35.5. The molecule has 2 aliphatic rings. The van der Waals surface area contributed by atoms with Gasteiger partial charge in [-0.05, 0) is 43.7 Å². The highest BCUT2D eigenvalue weighted by molar-refractivity contribution is 7.09. The molecule has 1 unspecified atom stereocenters. The summed E-state index contributed by atoms with van der Waals surface area (Å²) in [7, 11) is 0. The molecule has 1 aliphatic carbocycles. The van der Waals surface area contributed by atoms with Crippen LogP contribution in [0.4, 0.5) is 0 Å². The highest BCUT2D eigenvalue weighted by Gasteiger charge is 2.36. The van der Waals surface area contributed by atoms with Crippen LogP contribution in [0.1, 0.15) is 30.6 Å². The van der Waals surface area contributed by atoms with Crippen molar-refractivity contribution in [1.29, 1.82) is 0 Å². The van der Waals surface area contributed by atoms with Gasteiger partial charge in [0.05, 0.1) is 12.5 Å². The second kappa shape index (κ2) is 6.73. The Bertz CT molecular complexity index is 400. The summed E-state index contributed by atoms with van der Waals surface area (Å²) in [6.45, 7) is 2.75. The lowest BCUT2D eigenvalue weighted by Gasteiger charge is -2.29. The van der Waals surface area contributed by atoms with Gasteiger partial charge in [-0.3, -0.25) is 4.79 Å². The van der Waals surface area contributed by atoms with Crippen molar-refractivity contribution in [3.05, 3.63) is 22.4 Å². The first-order chi connectivity index (χ1) is 8.84. The van der Waals surface area contributed by atoms with E-state index in [0.717, 1.165) is 32.5 Å². The Morgan fingerprint density at radius 2 is 2.26 bits per heavy atom. The predicted octanol–water partition coefficient (Wildman–Crippen LogP) is 2.66. The maximum absolute atomic E-state index is 12.6. The zero-order valence-corrected chi connectivity index (χ0v) is 12.6. The monoisotopic (exact) mass is 300 g/mol. The Morgan fingerprint density at radius 1 is 1.42 bits per heavy atom. The summed E-state index contributed by atoms with van der Waals surface area (Å²) in [6, 6.07) is 4.71. The van der Waals surface area contributed by atoms with Crippen LogP contribution in [0.3, 0.4) is 0 Å². The molecule has 1 aromatic heterocycles. The number of hydrogen-bond donors (Lipinski definition) is 1. The van der Waals surface area contributed by atoms with Crippen LogP contribution >= 0.6 is 23.7 Å². The number of thiophene rings is 1. The first kappa shape index (κ1) is 14.8. The van der Waals surface area contributed by atoms with Crippen molar-refractivity contribution in [2.24, 2.45) is 5.92 Å². The van der Waals surface area contributed by atoms with E-state index < -0.39 is 0 Å². The van der Waals surface area contributed by atoms with Crippen molar-refractivity contribution >= 4 is 29.7 Å². The molecule has 1 aromatic rings. The number of amides is 1. The maximum Gasteiger partial charge on any atom is 0.227 e. The fourth-order valence-corrected chi connectivity index (χ4v) is 3.34. The number of carbonyl (C=O) groups excluding carboxylic acids is 1. The average Bonchev–Trinajstić information content (AvgIpc) is 3.13. The van der Waals surface area contributed by atoms with E-state index in [1.807, 2.05) is 0 Å². The Morgan fingerprint density at radius 3 is 2.84 bits per heavy atom. The summed E-state index contributed by atoms with van der Waals surface area (Å²) in [5, 5.41) is 5.43. The largest absolute Gasteiger partial charge is 0.334 e. The molecule has 106 valence electrons. The van der Waals surface area contributed by atoms with Gasteiger partial charge in [-0.1, -0.05) is 6.07 Å². The number of piperidine rings is 1. The fourth-order valence-electron chi connectivity index (χ4n) is 2.64. The predicted molar refractivity (Wildman–Crippen MR) is 80.7 cm³/mol. The Kier molecular flexibility index (Phi) is 5.25. The molecule has 1 saturated heterocycles. The summed E-state index contributed by atoms with van der Waals surface area (Å²) < 4.78 is 0. The molecule has 0 radical (unpaired) electrons. The second-order valence-electron chi connectivity index (χ2n) is 5.32. The average molecular weight is 301 g/mol. The molecule has 1 N–H and O–H groups in total. The van der Waals surface area contributed by atoms with Crippen molar-refractivity contribution in [3.63, 3.8) is 0 Å². The lowest BCUT2D eigenvalue weighted by molar-refractivity contribution is -0.137. The molecule has 2 heterocycles. The molecule has 19 heavy (non-hydrogen) atoms. The minimum Gasteiger partial charge on any atom is -0.334 e. The number of nitrogens with zero attached hydrogens (tertiary/aromatic N) is 1. The first-order valence-electron chi connectivity index (χ1n) is 6.88. The lowest BCUT2D eigenvalue weighted by atomic mass is 9.98. The highest BCUT2D eigenvalue weighted by Crippen LogP contribution is 2.31. The summed E-state index contributed by atoms with van der Waals surface area (Å²) >= 11 is 1.75. The lowest BCUT2D eigenvalue weighted by Crippen LogP contribution is -2.43. The van der Waals surface area contributed by atoms with E-state index >= 15 is 0 Å². The molecule has 0 bridgehead atoms. The summed E-state index contributed by atoms with van der Waals surface area (Å²) in [5.74, 6) is 0.581. The van der Waals surface area contributed by atoms with Crippen molar-refractivity contribution in [1.82, 2.24) is 10.2 Å². The van der Waals surface area contributed by atoms with Crippen LogP contribution in [0.2, 0.25) is 0 Å². The van der Waals surface area contributed by atoms with Gasteiger partial charge in [-0.25, -0.2) is 0 Å². The van der Waals surface area contributed by atoms with Gasteiger partial charge in [0.15, 0.2) is 0 Å². The molecule has 1 amide bonds. The molecule has 0 aromatic carbocycles. The summed E-state index contributed by atoms with van der Waals surface area (Å²) in [4.78, 5) is 16.0. The van der Waals surface area contributed by atoms with Crippen molar-refractivity contribution in [3.8, 4) is 0 Å². The molecular weight excluding hydrogens is 280 g/mol. The molecule has 3 nitrogen and oxygen atoms in total. The Labute approximate surface area is 124 Å². The van der Waals surface area contributed by atoms with Gasteiger partial charge in [0.1, 0.15) is 0 Å². The Balaban J connectivity index is 0.00000133. The van der Waals surface area contributed by atoms with Gasteiger partial charge in [-0.2, -0.15) is 0 Å². The van der Waals surface area contributed by atoms with Crippen LogP contribution in [0.5, 0.6) is 0 Å². The fraction of sp³-hybridized carbons (Fsp3) is 0.643. The van der Waals surface area contributed by atoms with E-state index in [4.69, 9.17) is 0 Å². The molecule has 1 saturated carbocycles. The van der Waals surface area contributed by atoms with Crippen LogP contribution < -0.4 is 5.32 Å². The molecule has 1 atom stereocenters. The third kappa shape index (κ3) is 3.71. The summed E-state index contributed by atoms with van der Waals surface area (Å²) in [5.41, 5.74) is 0. The van der Waals surface area contributed by atoms with Crippen LogP contribution in [-0.2, 0) is 11.3 Å². The van der Waals surface area contributed by atoms with E-state index in [-0.39, 0.29) is 18.3 Å². The number of rotatable bonds is 4. The number of nitrogens with one attached hydrogen (secondary N) is 1. The normalized spacial score (nSPS) is 22.6. The van der Waals surface area contributed by atoms with E-state index in [1.54, 1.807) is 11.3 Å². The second-order valence-corrected chi connectivity index (χ2v) is 6.35. The molecule has 3 rings (SSSR count). The van der Waals surface area contributed by atoms with Crippen LogP contribution in [0, 0.1) is 5.92 Å². The van der Waals surface area contributed by atoms with E-state index in [1.165, 1.54) is 17.7 Å². The van der Waals surface area contributed by atoms with E-state index in [2.05, 4.69) is 27.7 Å². The van der Waals surface area contributed by atoms with Gasteiger partial charge in [0.2, 0.25) is 5.91 Å². The third-order valence-corrected chi connectivity index (χ3v) is 4.68. The summed E-state index contributed by atoms with van der Waals surface area (Å²) in [6.07, 6.45) is 4.57. The number of halogens is 1. The molecule has 1 aliphatic heterocycles. The van der Waals surface area contributed by atoms with Gasteiger partial charge < -0.3 is 10.2 Å². The topological polar surface area (TPSA) is 32.3 Å². The zero-order chi connectivity index (χ0) is 12.4. The minimum atomic E-state index is 0. The first-order valence-corrected chi connectivity index (χ1v) is 7.76. The van der Waals surface area contributed by atoms with Gasteiger partial charge >= 0.3 is 0 Å². The van der Waals surface area contributed by atoms with Crippen LogP contribution in [0.15, 0.2) is 17.5 Å². The SMILES string of the molecule is Cl.O=C(C1CCCNC1)N(Cc1cccs1)C1CC1. The van der Waals surface area contributed by atoms with Crippen LogP contribution in [0.25, 0.3) is 0 Å². The smallest absolute Gasteiger partial charge is 0.227 e. The van der Waals surface area contributed by atoms with Crippen molar-refractivity contribution < 1.29 is 4.79 Å². The van der Waals surface area contributed by atoms with E-state index in [9.17, 15) is 4.79 Å². The number of hydrogen-bond acceptors (Lipinski definition) is 3. The minimum absolute atomic E-state index is 0.